The van der Waals surface area contributed by atoms with Crippen LogP contribution in [-0.2, 0) is 32.6 Å². The fraction of sp³-hybridized carbons (Fsp3) is 0.375. The van der Waals surface area contributed by atoms with Crippen LogP contribution in [0.15, 0.2) is 83.3 Å². The van der Waals surface area contributed by atoms with Crippen molar-refractivity contribution in [3.8, 4) is 5.75 Å². The maximum Gasteiger partial charge on any atom is 0.243 e. The lowest BCUT2D eigenvalue weighted by molar-refractivity contribution is -0.141. The summed E-state index contributed by atoms with van der Waals surface area (Å²) in [5.41, 5.74) is 2.24. The minimum absolute atomic E-state index is 0.0527. The molecule has 0 aliphatic rings. The van der Waals surface area contributed by atoms with Crippen molar-refractivity contribution < 1.29 is 22.7 Å². The number of hydrogen-bond donors (Lipinski definition) is 1. The largest absolute Gasteiger partial charge is 0.492 e. The third kappa shape index (κ3) is 9.87. The minimum Gasteiger partial charge on any atom is -0.492 e. The monoisotopic (exact) mass is 657 g/mol. The Kier molecular flexibility index (Phi) is 12.4. The molecule has 0 saturated carbocycles. The highest BCUT2D eigenvalue weighted by Gasteiger charge is 2.31. The number of carbonyl (C=O) groups is 2. The first-order valence-corrected chi connectivity index (χ1v) is 16.7. The van der Waals surface area contributed by atoms with Crippen LogP contribution in [0.5, 0.6) is 5.75 Å². The van der Waals surface area contributed by atoms with Crippen LogP contribution in [0.1, 0.15) is 44.7 Å². The fourth-order valence-corrected chi connectivity index (χ4v) is 6.11. The first kappa shape index (κ1) is 33.1. The van der Waals surface area contributed by atoms with Crippen LogP contribution in [0, 0.1) is 0 Å². The maximum absolute atomic E-state index is 13.9. The highest BCUT2D eigenvalue weighted by Crippen LogP contribution is 2.30. The average molecular weight is 659 g/mol. The molecule has 1 atom stereocenters. The van der Waals surface area contributed by atoms with Crippen LogP contribution in [-0.4, -0.2) is 56.6 Å². The number of nitrogens with zero attached hydrogens (tertiary/aromatic N) is 2. The van der Waals surface area contributed by atoms with Crippen molar-refractivity contribution in [1.29, 1.82) is 0 Å². The fourth-order valence-electron chi connectivity index (χ4n) is 4.69. The second-order valence-corrected chi connectivity index (χ2v) is 13.2. The van der Waals surface area contributed by atoms with Crippen LogP contribution in [0.2, 0.25) is 0 Å². The van der Waals surface area contributed by atoms with E-state index in [0.717, 1.165) is 21.9 Å². The van der Waals surface area contributed by atoms with E-state index in [-0.39, 0.29) is 43.8 Å². The summed E-state index contributed by atoms with van der Waals surface area (Å²) in [4.78, 5) is 29.1. The van der Waals surface area contributed by atoms with Crippen molar-refractivity contribution in [3.05, 3.63) is 94.5 Å². The summed E-state index contributed by atoms with van der Waals surface area (Å²) < 4.78 is 33.4. The van der Waals surface area contributed by atoms with Gasteiger partial charge in [-0.15, -0.1) is 0 Å². The van der Waals surface area contributed by atoms with Gasteiger partial charge in [0.05, 0.1) is 18.6 Å². The number of halogens is 1. The molecule has 1 unspecified atom stereocenters. The number of hydrogen-bond acceptors (Lipinski definition) is 5. The summed E-state index contributed by atoms with van der Waals surface area (Å²) in [6, 6.07) is 23.3. The minimum atomic E-state index is -3.66. The Hall–Kier alpha value is -3.37. The molecule has 3 aromatic rings. The number of amides is 2. The van der Waals surface area contributed by atoms with Crippen molar-refractivity contribution in [2.24, 2.45) is 0 Å². The lowest BCUT2D eigenvalue weighted by atomic mass is 10.0. The van der Waals surface area contributed by atoms with Crippen LogP contribution < -0.4 is 14.4 Å². The van der Waals surface area contributed by atoms with Gasteiger partial charge in [0.1, 0.15) is 11.8 Å². The number of rotatable bonds is 15. The van der Waals surface area contributed by atoms with Gasteiger partial charge < -0.3 is 15.0 Å². The first-order valence-electron chi connectivity index (χ1n) is 14.1. The van der Waals surface area contributed by atoms with Gasteiger partial charge in [0.2, 0.25) is 21.8 Å². The Labute approximate surface area is 258 Å². The first-order chi connectivity index (χ1) is 20.0. The molecule has 0 bridgehead atoms. The zero-order valence-corrected chi connectivity index (χ0v) is 27.0. The van der Waals surface area contributed by atoms with Crippen LogP contribution >= 0.6 is 15.9 Å². The lowest BCUT2D eigenvalue weighted by Gasteiger charge is -2.32. The number of sulfonamides is 1. The van der Waals surface area contributed by atoms with Gasteiger partial charge in [-0.2, -0.15) is 0 Å². The Balaban J connectivity index is 1.90. The summed E-state index contributed by atoms with van der Waals surface area (Å²) in [5.74, 6) is -0.0109. The third-order valence-corrected chi connectivity index (χ3v) is 8.20. The topological polar surface area (TPSA) is 96.0 Å². The molecule has 0 heterocycles. The zero-order chi connectivity index (χ0) is 30.7. The van der Waals surface area contributed by atoms with E-state index >= 15 is 0 Å². The van der Waals surface area contributed by atoms with Crippen molar-refractivity contribution in [2.75, 3.05) is 23.7 Å². The SMILES string of the molecule is CCOc1ccccc1N(CCCC(=O)N(Cc1cccc(Br)c1)C(Cc1ccccc1)C(=O)NC(C)C)S(C)(=O)=O. The van der Waals surface area contributed by atoms with Crippen LogP contribution in [0.3, 0.4) is 0 Å². The molecule has 2 amide bonds. The molecule has 0 spiro atoms. The molecule has 0 aromatic heterocycles. The van der Waals surface area contributed by atoms with Gasteiger partial charge in [-0.3, -0.25) is 13.9 Å². The summed E-state index contributed by atoms with van der Waals surface area (Å²) in [6.07, 6.45) is 1.79. The van der Waals surface area contributed by atoms with Gasteiger partial charge in [-0.05, 0) is 62.6 Å². The molecule has 0 saturated heterocycles. The van der Waals surface area contributed by atoms with E-state index in [1.165, 1.54) is 4.31 Å². The number of benzene rings is 3. The van der Waals surface area contributed by atoms with E-state index in [2.05, 4.69) is 21.2 Å². The third-order valence-electron chi connectivity index (χ3n) is 6.53. The van der Waals surface area contributed by atoms with E-state index in [0.29, 0.717) is 24.5 Å². The van der Waals surface area contributed by atoms with Crippen molar-refractivity contribution >= 4 is 43.5 Å². The van der Waals surface area contributed by atoms with Crippen LogP contribution in [0.4, 0.5) is 5.69 Å². The predicted octanol–water partition coefficient (Wildman–Crippen LogP) is 5.56. The Morgan fingerprint density at radius 2 is 1.62 bits per heavy atom. The lowest BCUT2D eigenvalue weighted by Crippen LogP contribution is -2.51. The summed E-state index contributed by atoms with van der Waals surface area (Å²) in [6.45, 7) is 6.31. The molecule has 10 heteroatoms. The molecular formula is C32H40BrN3O5S. The Morgan fingerprint density at radius 3 is 2.26 bits per heavy atom. The number of anilines is 1. The molecule has 42 heavy (non-hydrogen) atoms. The van der Waals surface area contributed by atoms with Gasteiger partial charge in [-0.25, -0.2) is 8.42 Å². The normalized spacial score (nSPS) is 12.0. The van der Waals surface area contributed by atoms with E-state index in [4.69, 9.17) is 4.74 Å². The summed E-state index contributed by atoms with van der Waals surface area (Å²) in [7, 11) is -3.66. The Bertz CT molecular complexity index is 1430. The highest BCUT2D eigenvalue weighted by molar-refractivity contribution is 9.10. The predicted molar refractivity (Wildman–Crippen MR) is 171 cm³/mol. The van der Waals surface area contributed by atoms with Gasteiger partial charge >= 0.3 is 0 Å². The molecule has 1 N–H and O–H groups in total. The van der Waals surface area contributed by atoms with Crippen molar-refractivity contribution in [3.63, 3.8) is 0 Å². The summed E-state index contributed by atoms with van der Waals surface area (Å²) in [5, 5.41) is 2.99. The molecular weight excluding hydrogens is 618 g/mol. The van der Waals surface area contributed by atoms with E-state index in [1.54, 1.807) is 29.2 Å². The molecule has 226 valence electrons. The average Bonchev–Trinajstić information content (AvgIpc) is 2.93. The molecule has 3 aromatic carbocycles. The molecule has 0 fully saturated rings. The molecule has 0 radical (unpaired) electrons. The van der Waals surface area contributed by atoms with E-state index in [9.17, 15) is 18.0 Å². The number of ether oxygens (including phenoxy) is 1. The number of para-hydroxylation sites is 2. The number of nitrogens with one attached hydrogen (secondary N) is 1. The van der Waals surface area contributed by atoms with Gasteiger partial charge in [0.15, 0.2) is 0 Å². The van der Waals surface area contributed by atoms with Gasteiger partial charge in [0, 0.05) is 36.4 Å². The van der Waals surface area contributed by atoms with Crippen molar-refractivity contribution in [1.82, 2.24) is 10.2 Å². The highest BCUT2D eigenvalue weighted by atomic mass is 79.9. The summed E-state index contributed by atoms with van der Waals surface area (Å²) >= 11 is 3.50. The molecule has 3 rings (SSSR count). The second kappa shape index (κ2) is 15.7. The van der Waals surface area contributed by atoms with Gasteiger partial charge in [-0.1, -0.05) is 70.5 Å². The zero-order valence-electron chi connectivity index (χ0n) is 24.6. The maximum atomic E-state index is 13.9. The second-order valence-electron chi connectivity index (χ2n) is 10.4. The van der Waals surface area contributed by atoms with Crippen molar-refractivity contribution in [2.45, 2.75) is 58.7 Å². The standard InChI is InChI=1S/C32H40BrN3O5S/c1-5-41-30-18-10-9-17-28(30)36(42(4,39)40)20-12-19-31(37)35(23-26-15-11-16-27(33)21-26)29(32(38)34-24(2)3)22-25-13-7-6-8-14-25/h6-11,13-18,21,24,29H,5,12,19-20,22-23H2,1-4H3,(H,34,38). The smallest absolute Gasteiger partial charge is 0.243 e. The molecule has 8 nitrogen and oxygen atoms in total. The quantitative estimate of drug-likeness (QED) is 0.231. The molecule has 0 aliphatic carbocycles. The molecule has 0 aliphatic heterocycles. The van der Waals surface area contributed by atoms with Crippen LogP contribution in [0.25, 0.3) is 0 Å². The van der Waals surface area contributed by atoms with E-state index < -0.39 is 16.1 Å². The van der Waals surface area contributed by atoms with E-state index in [1.807, 2.05) is 75.4 Å². The van der Waals surface area contributed by atoms with Gasteiger partial charge in [0.25, 0.3) is 0 Å². The Morgan fingerprint density at radius 1 is 0.952 bits per heavy atom. The number of carbonyl (C=O) groups excluding carboxylic acids is 2.